The molecule has 130 valence electrons. The van der Waals surface area contributed by atoms with Crippen LogP contribution >= 0.6 is 0 Å². The van der Waals surface area contributed by atoms with Crippen LogP contribution in [-0.2, 0) is 6.42 Å². The first-order valence-electron chi connectivity index (χ1n) is 9.14. The highest BCUT2D eigenvalue weighted by molar-refractivity contribution is 5.48. The third kappa shape index (κ3) is 3.00. The Morgan fingerprint density at radius 2 is 2.24 bits per heavy atom. The summed E-state index contributed by atoms with van der Waals surface area (Å²) >= 11 is 0. The largest absolute Gasteiger partial charge is 0.348 e. The molecular weight excluding hydrogens is 310 g/mol. The minimum atomic E-state index is 0.181. The van der Waals surface area contributed by atoms with Crippen molar-refractivity contribution in [2.75, 3.05) is 13.1 Å². The molecule has 5 heteroatoms. The molecule has 0 fully saturated rings. The van der Waals surface area contributed by atoms with E-state index in [2.05, 4.69) is 47.0 Å². The summed E-state index contributed by atoms with van der Waals surface area (Å²) in [6.45, 7) is 6.56. The number of nitrogens with one attached hydrogen (secondary N) is 1. The summed E-state index contributed by atoms with van der Waals surface area (Å²) in [7, 11) is 0. The number of aryl methyl sites for hydroxylation is 1. The standard InChI is InChI=1S/C20H25N5/c1-3-4-10-24-12-8-17-19(22-14-21-17)20(24)16-13-15(2)6-7-18(16)25-11-5-9-23-25/h5-7,9,11,13-14,20H,3-4,8,10,12H2,1-2H3,(H,21,22). The summed E-state index contributed by atoms with van der Waals surface area (Å²) in [5.74, 6) is 0. The van der Waals surface area contributed by atoms with Crippen LogP contribution in [0.3, 0.4) is 0 Å². The van der Waals surface area contributed by atoms with Crippen molar-refractivity contribution in [2.24, 2.45) is 0 Å². The molecule has 0 amide bonds. The molecule has 0 radical (unpaired) electrons. The number of fused-ring (bicyclic) bond motifs is 1. The van der Waals surface area contributed by atoms with Crippen molar-refractivity contribution in [3.63, 3.8) is 0 Å². The lowest BCUT2D eigenvalue weighted by Crippen LogP contribution is -2.37. The fraction of sp³-hybridized carbons (Fsp3) is 0.400. The highest BCUT2D eigenvalue weighted by Crippen LogP contribution is 2.36. The normalized spacial score (nSPS) is 17.6. The Bertz CT molecular complexity index is 834. The van der Waals surface area contributed by atoms with E-state index in [4.69, 9.17) is 4.98 Å². The lowest BCUT2D eigenvalue weighted by molar-refractivity contribution is 0.206. The highest BCUT2D eigenvalue weighted by atomic mass is 15.3. The molecule has 5 nitrogen and oxygen atoms in total. The van der Waals surface area contributed by atoms with Crippen molar-refractivity contribution in [1.82, 2.24) is 24.6 Å². The van der Waals surface area contributed by atoms with Gasteiger partial charge in [-0.2, -0.15) is 5.10 Å². The molecule has 3 aromatic rings. The van der Waals surface area contributed by atoms with Crippen molar-refractivity contribution in [2.45, 2.75) is 39.2 Å². The van der Waals surface area contributed by atoms with Crippen LogP contribution in [0.4, 0.5) is 0 Å². The Kier molecular flexibility index (Phi) is 4.40. The van der Waals surface area contributed by atoms with E-state index in [1.165, 1.54) is 35.4 Å². The van der Waals surface area contributed by atoms with Gasteiger partial charge in [0.05, 0.1) is 23.8 Å². The van der Waals surface area contributed by atoms with Gasteiger partial charge in [-0.3, -0.25) is 4.90 Å². The molecule has 1 atom stereocenters. The molecule has 0 saturated carbocycles. The molecule has 1 aliphatic heterocycles. The molecule has 0 saturated heterocycles. The molecular formula is C20H25N5. The monoisotopic (exact) mass is 335 g/mol. The third-order valence-electron chi connectivity index (χ3n) is 5.05. The van der Waals surface area contributed by atoms with Gasteiger partial charge in [0, 0.05) is 36.6 Å². The molecule has 0 aliphatic carbocycles. The van der Waals surface area contributed by atoms with Crippen LogP contribution in [0.1, 0.15) is 48.3 Å². The summed E-state index contributed by atoms with van der Waals surface area (Å²) in [6, 6.07) is 8.78. The SMILES string of the molecule is CCCCN1CCc2[nH]cnc2C1c1cc(C)ccc1-n1cccn1. The number of hydrogen-bond donors (Lipinski definition) is 1. The average molecular weight is 335 g/mol. The van der Waals surface area contributed by atoms with Gasteiger partial charge in [0.25, 0.3) is 0 Å². The van der Waals surface area contributed by atoms with Crippen molar-refractivity contribution in [3.05, 3.63) is 65.5 Å². The second kappa shape index (κ2) is 6.84. The van der Waals surface area contributed by atoms with Crippen molar-refractivity contribution >= 4 is 0 Å². The van der Waals surface area contributed by atoms with Gasteiger partial charge in [-0.15, -0.1) is 0 Å². The number of rotatable bonds is 5. The quantitative estimate of drug-likeness (QED) is 0.774. The minimum absolute atomic E-state index is 0.181. The molecule has 0 bridgehead atoms. The molecule has 3 heterocycles. The predicted molar refractivity (Wildman–Crippen MR) is 98.9 cm³/mol. The van der Waals surface area contributed by atoms with Crippen molar-refractivity contribution in [3.8, 4) is 5.69 Å². The van der Waals surface area contributed by atoms with Gasteiger partial charge < -0.3 is 4.98 Å². The first-order valence-corrected chi connectivity index (χ1v) is 9.14. The fourth-order valence-corrected chi connectivity index (χ4v) is 3.78. The van der Waals surface area contributed by atoms with Gasteiger partial charge in [-0.1, -0.05) is 31.0 Å². The van der Waals surface area contributed by atoms with Gasteiger partial charge in [0.1, 0.15) is 0 Å². The van der Waals surface area contributed by atoms with Crippen LogP contribution in [0.25, 0.3) is 5.69 Å². The third-order valence-corrected chi connectivity index (χ3v) is 5.05. The molecule has 1 unspecified atom stereocenters. The summed E-state index contributed by atoms with van der Waals surface area (Å²) in [5.41, 5.74) is 6.13. The lowest BCUT2D eigenvalue weighted by atomic mass is 9.93. The number of benzene rings is 1. The van der Waals surface area contributed by atoms with Gasteiger partial charge >= 0.3 is 0 Å². The second-order valence-corrected chi connectivity index (χ2v) is 6.82. The zero-order valence-corrected chi connectivity index (χ0v) is 14.9. The van der Waals surface area contributed by atoms with E-state index in [0.29, 0.717) is 0 Å². The number of H-pyrrole nitrogens is 1. The number of imidazole rings is 1. The van der Waals surface area contributed by atoms with Crippen molar-refractivity contribution in [1.29, 1.82) is 0 Å². The number of hydrogen-bond acceptors (Lipinski definition) is 3. The summed E-state index contributed by atoms with van der Waals surface area (Å²) in [5, 5.41) is 4.47. The van der Waals surface area contributed by atoms with Crippen LogP contribution in [0, 0.1) is 6.92 Å². The van der Waals surface area contributed by atoms with E-state index < -0.39 is 0 Å². The first kappa shape index (κ1) is 16.1. The number of aromatic nitrogens is 4. The number of nitrogens with zero attached hydrogens (tertiary/aromatic N) is 4. The topological polar surface area (TPSA) is 49.7 Å². The maximum Gasteiger partial charge on any atom is 0.0926 e. The van der Waals surface area contributed by atoms with Crippen LogP contribution < -0.4 is 0 Å². The van der Waals surface area contributed by atoms with E-state index in [-0.39, 0.29) is 6.04 Å². The maximum absolute atomic E-state index is 4.70. The Balaban J connectivity index is 1.84. The van der Waals surface area contributed by atoms with E-state index in [9.17, 15) is 0 Å². The predicted octanol–water partition coefficient (Wildman–Crippen LogP) is 3.65. The smallest absolute Gasteiger partial charge is 0.0926 e. The number of aromatic amines is 1. The highest BCUT2D eigenvalue weighted by Gasteiger charge is 2.32. The molecule has 0 spiro atoms. The van der Waals surface area contributed by atoms with E-state index in [0.717, 1.165) is 25.2 Å². The van der Waals surface area contributed by atoms with Crippen LogP contribution in [0.2, 0.25) is 0 Å². The first-order chi connectivity index (χ1) is 12.3. The van der Waals surface area contributed by atoms with Gasteiger partial charge in [0.2, 0.25) is 0 Å². The molecule has 2 aromatic heterocycles. The van der Waals surface area contributed by atoms with Crippen LogP contribution in [-0.4, -0.2) is 37.7 Å². The number of unbranched alkanes of at least 4 members (excludes halogenated alkanes) is 1. The Morgan fingerprint density at radius 3 is 3.04 bits per heavy atom. The Morgan fingerprint density at radius 1 is 1.32 bits per heavy atom. The summed E-state index contributed by atoms with van der Waals surface area (Å²) < 4.78 is 1.97. The Hall–Kier alpha value is -2.40. The van der Waals surface area contributed by atoms with E-state index >= 15 is 0 Å². The Labute approximate surface area is 148 Å². The van der Waals surface area contributed by atoms with Crippen LogP contribution in [0.15, 0.2) is 43.0 Å². The zero-order chi connectivity index (χ0) is 17.2. The summed E-state index contributed by atoms with van der Waals surface area (Å²) in [6.07, 6.45) is 9.14. The van der Waals surface area contributed by atoms with Gasteiger partial charge in [-0.25, -0.2) is 9.67 Å². The van der Waals surface area contributed by atoms with E-state index in [1.807, 2.05) is 29.5 Å². The lowest BCUT2D eigenvalue weighted by Gasteiger charge is -2.36. The van der Waals surface area contributed by atoms with Crippen LogP contribution in [0.5, 0.6) is 0 Å². The zero-order valence-electron chi connectivity index (χ0n) is 14.9. The minimum Gasteiger partial charge on any atom is -0.348 e. The average Bonchev–Trinajstić information content (AvgIpc) is 3.30. The van der Waals surface area contributed by atoms with Crippen molar-refractivity contribution < 1.29 is 0 Å². The molecule has 1 N–H and O–H groups in total. The molecule has 1 aromatic carbocycles. The molecule has 25 heavy (non-hydrogen) atoms. The van der Waals surface area contributed by atoms with Gasteiger partial charge in [-0.05, 0) is 32.0 Å². The molecule has 1 aliphatic rings. The second-order valence-electron chi connectivity index (χ2n) is 6.82. The summed E-state index contributed by atoms with van der Waals surface area (Å²) in [4.78, 5) is 10.6. The van der Waals surface area contributed by atoms with E-state index in [1.54, 1.807) is 0 Å². The fourth-order valence-electron chi connectivity index (χ4n) is 3.78. The molecule has 4 rings (SSSR count). The maximum atomic E-state index is 4.70. The van der Waals surface area contributed by atoms with Gasteiger partial charge in [0.15, 0.2) is 0 Å².